The standard InChI is InChI=1S/C24H62O12Si6/c1-37(2,3)31-22(28,21(27)20(26)19-25)23(32-38(4,5)6,29-35-41(13,14)15)24(33-39(7,8)9,34-40(10,11)12)30-36-42(16,17)18/h20-21,25-28H,19H2,1-18H3/t20-,21-,22-,23-/m1/s1. The zero-order chi connectivity index (χ0) is 34.0. The fourth-order valence-corrected chi connectivity index (χ4v) is 8.68. The van der Waals surface area contributed by atoms with Crippen LogP contribution in [0.4, 0.5) is 0 Å². The van der Waals surface area contributed by atoms with E-state index < -0.39 is 86.3 Å². The summed E-state index contributed by atoms with van der Waals surface area (Å²) in [6.45, 7) is 32.4. The van der Waals surface area contributed by atoms with E-state index in [1.807, 2.05) is 98.2 Å². The van der Waals surface area contributed by atoms with Gasteiger partial charge in [-0.05, 0) is 118 Å². The Labute approximate surface area is 260 Å². The summed E-state index contributed by atoms with van der Waals surface area (Å²) in [7, 11) is -16.5. The van der Waals surface area contributed by atoms with Gasteiger partial charge >= 0.3 is 11.8 Å². The molecule has 0 spiro atoms. The summed E-state index contributed by atoms with van der Waals surface area (Å²) < 4.78 is 38.7. The van der Waals surface area contributed by atoms with Gasteiger partial charge in [0.2, 0.25) is 16.6 Å². The Morgan fingerprint density at radius 2 is 0.833 bits per heavy atom. The molecule has 0 saturated heterocycles. The van der Waals surface area contributed by atoms with Gasteiger partial charge < -0.3 is 38.1 Å². The molecule has 0 unspecified atom stereocenters. The zero-order valence-electron chi connectivity index (χ0n) is 29.4. The lowest BCUT2D eigenvalue weighted by atomic mass is 9.94. The quantitative estimate of drug-likeness (QED) is 0.0635. The second-order valence-corrected chi connectivity index (χ2v) is 43.0. The van der Waals surface area contributed by atoms with Crippen LogP contribution in [-0.2, 0) is 36.6 Å². The molecule has 0 fully saturated rings. The van der Waals surface area contributed by atoms with Crippen molar-refractivity contribution in [1.82, 2.24) is 0 Å². The summed E-state index contributed by atoms with van der Waals surface area (Å²) in [6, 6.07) is 0. The topological polar surface area (TPSA) is 155 Å². The molecule has 0 rings (SSSR count). The second-order valence-electron chi connectivity index (χ2n) is 16.5. The van der Waals surface area contributed by atoms with Crippen LogP contribution in [0, 0.1) is 0 Å². The van der Waals surface area contributed by atoms with Crippen molar-refractivity contribution >= 4 is 49.9 Å². The van der Waals surface area contributed by atoms with Gasteiger partial charge in [0.15, 0.2) is 33.3 Å². The van der Waals surface area contributed by atoms with E-state index in [1.165, 1.54) is 0 Å². The minimum Gasteiger partial charge on any atom is -0.394 e. The molecule has 0 aromatic heterocycles. The molecule has 4 atom stereocenters. The molecule has 0 radical (unpaired) electrons. The number of rotatable bonds is 19. The Kier molecular flexibility index (Phi) is 14.6. The maximum absolute atomic E-state index is 12.9. The second kappa shape index (κ2) is 14.3. The van der Waals surface area contributed by atoms with Gasteiger partial charge in [0.1, 0.15) is 12.2 Å². The smallest absolute Gasteiger partial charge is 0.356 e. The Balaban J connectivity index is 8.59. The average molecular weight is 711 g/mol. The van der Waals surface area contributed by atoms with Gasteiger partial charge in [0.05, 0.1) is 6.61 Å². The Hall–Kier alpha value is 0.821. The van der Waals surface area contributed by atoms with Crippen LogP contribution < -0.4 is 0 Å². The van der Waals surface area contributed by atoms with Gasteiger partial charge in [-0.1, -0.05) is 0 Å². The summed E-state index contributed by atoms with van der Waals surface area (Å²) in [5, 5.41) is 45.4. The predicted octanol–water partition coefficient (Wildman–Crippen LogP) is 4.71. The first-order valence-electron chi connectivity index (χ1n) is 14.4. The SMILES string of the molecule is C[Si](C)(C)OOC(O[Si](C)(C)C)(O[Si](C)(C)C)[C@](OO[Si](C)(C)C)(O[Si](C)(C)C)[C@](O)(O[Si](C)(C)C)[C@H](O)[C@H](O)CO. The minimum absolute atomic E-state index is 0.917. The molecule has 0 bridgehead atoms. The molecule has 0 aromatic carbocycles. The molecule has 0 aliphatic carbocycles. The zero-order valence-corrected chi connectivity index (χ0v) is 35.4. The number of hydrogen-bond donors (Lipinski definition) is 4. The number of aliphatic hydroxyl groups is 4. The van der Waals surface area contributed by atoms with E-state index in [-0.39, 0.29) is 0 Å². The molecule has 18 heteroatoms. The molecule has 0 saturated carbocycles. The highest BCUT2D eigenvalue weighted by atomic mass is 28.4. The van der Waals surface area contributed by atoms with Crippen molar-refractivity contribution in [3.8, 4) is 0 Å². The lowest BCUT2D eigenvalue weighted by molar-refractivity contribution is -0.594. The average Bonchev–Trinajstić information content (AvgIpc) is 2.68. The number of aliphatic hydroxyl groups excluding tert-OH is 3. The fraction of sp³-hybridized carbons (Fsp3) is 1.00. The van der Waals surface area contributed by atoms with E-state index in [0.717, 1.165) is 0 Å². The summed E-state index contributed by atoms with van der Waals surface area (Å²) >= 11 is 0. The van der Waals surface area contributed by atoms with Crippen molar-refractivity contribution in [3.63, 3.8) is 0 Å². The van der Waals surface area contributed by atoms with E-state index in [1.54, 1.807) is 19.6 Å². The van der Waals surface area contributed by atoms with Gasteiger partial charge in [-0.15, -0.1) is 0 Å². The maximum Gasteiger partial charge on any atom is 0.356 e. The summed E-state index contributed by atoms with van der Waals surface area (Å²) in [6.07, 6.45) is -4.12. The van der Waals surface area contributed by atoms with Crippen molar-refractivity contribution in [3.05, 3.63) is 0 Å². The third kappa shape index (κ3) is 13.7. The Morgan fingerprint density at radius 3 is 1.12 bits per heavy atom. The summed E-state index contributed by atoms with van der Waals surface area (Å²) in [5.41, 5.74) is 0. The molecule has 0 amide bonds. The highest BCUT2D eigenvalue weighted by Crippen LogP contribution is 2.51. The molecule has 4 N–H and O–H groups in total. The Bertz CT molecular complexity index is 826. The summed E-state index contributed by atoms with van der Waals surface area (Å²) in [5.74, 6) is -8.32. The van der Waals surface area contributed by atoms with Crippen molar-refractivity contribution in [2.24, 2.45) is 0 Å². The Morgan fingerprint density at radius 1 is 0.500 bits per heavy atom. The molecular formula is C24H62O12Si6. The van der Waals surface area contributed by atoms with E-state index in [2.05, 4.69) is 0 Å². The first-order chi connectivity index (χ1) is 18.1. The lowest BCUT2D eigenvalue weighted by Crippen LogP contribution is -2.82. The van der Waals surface area contributed by atoms with Crippen LogP contribution in [0.2, 0.25) is 118 Å². The van der Waals surface area contributed by atoms with Gasteiger partial charge in [-0.2, -0.15) is 9.78 Å². The first kappa shape index (κ1) is 42.8. The minimum atomic E-state index is -3.00. The van der Waals surface area contributed by atoms with Crippen molar-refractivity contribution in [2.45, 2.75) is 148 Å². The van der Waals surface area contributed by atoms with Crippen molar-refractivity contribution < 1.29 is 57.1 Å². The van der Waals surface area contributed by atoms with Crippen LogP contribution in [0.5, 0.6) is 0 Å². The summed E-state index contributed by atoms with van der Waals surface area (Å²) in [4.78, 5) is 12.6. The molecule has 254 valence electrons. The highest BCUT2D eigenvalue weighted by molar-refractivity contribution is 6.72. The lowest BCUT2D eigenvalue weighted by Gasteiger charge is -2.59. The fourth-order valence-electron chi connectivity index (χ4n) is 3.48. The van der Waals surface area contributed by atoms with E-state index in [4.69, 9.17) is 36.6 Å². The van der Waals surface area contributed by atoms with Crippen LogP contribution >= 0.6 is 0 Å². The molecule has 0 heterocycles. The van der Waals surface area contributed by atoms with Crippen LogP contribution in [0.3, 0.4) is 0 Å². The third-order valence-electron chi connectivity index (χ3n) is 4.43. The monoisotopic (exact) mass is 710 g/mol. The largest absolute Gasteiger partial charge is 0.394 e. The predicted molar refractivity (Wildman–Crippen MR) is 178 cm³/mol. The normalized spacial score (nSPS) is 19.3. The van der Waals surface area contributed by atoms with Crippen LogP contribution in [0.1, 0.15) is 0 Å². The molecule has 42 heavy (non-hydrogen) atoms. The maximum atomic E-state index is 12.9. The van der Waals surface area contributed by atoms with Gasteiger partial charge in [-0.25, -0.2) is 0 Å². The molecule has 0 aromatic rings. The molecular weight excluding hydrogens is 649 g/mol. The van der Waals surface area contributed by atoms with Crippen molar-refractivity contribution in [1.29, 1.82) is 0 Å². The van der Waals surface area contributed by atoms with Gasteiger partial charge in [-0.3, -0.25) is 9.15 Å². The van der Waals surface area contributed by atoms with E-state index >= 15 is 0 Å². The van der Waals surface area contributed by atoms with E-state index in [9.17, 15) is 20.4 Å². The van der Waals surface area contributed by atoms with Crippen LogP contribution in [0.15, 0.2) is 0 Å². The molecule has 0 aliphatic rings. The number of hydrogen-bond acceptors (Lipinski definition) is 12. The van der Waals surface area contributed by atoms with Gasteiger partial charge in [0.25, 0.3) is 5.79 Å². The highest BCUT2D eigenvalue weighted by Gasteiger charge is 2.78. The van der Waals surface area contributed by atoms with Crippen LogP contribution in [0.25, 0.3) is 0 Å². The van der Waals surface area contributed by atoms with Gasteiger partial charge in [0, 0.05) is 0 Å². The van der Waals surface area contributed by atoms with Crippen LogP contribution in [-0.4, -0.2) is 107 Å². The molecule has 12 nitrogen and oxygen atoms in total. The molecule has 0 aliphatic heterocycles. The van der Waals surface area contributed by atoms with E-state index in [0.29, 0.717) is 0 Å². The first-order valence-corrected chi connectivity index (χ1v) is 34.8. The van der Waals surface area contributed by atoms with Crippen molar-refractivity contribution in [2.75, 3.05) is 6.61 Å². The third-order valence-corrected chi connectivity index (χ3v) is 9.18.